The highest BCUT2D eigenvalue weighted by Crippen LogP contribution is 2.32. The number of allylic oxidation sites excluding steroid dienone is 1. The number of hydrogen-bond donors (Lipinski definition) is 0. The van der Waals surface area contributed by atoms with Gasteiger partial charge in [-0.3, -0.25) is 4.90 Å². The summed E-state index contributed by atoms with van der Waals surface area (Å²) < 4.78 is 64.4. The lowest BCUT2D eigenvalue weighted by Crippen LogP contribution is -2.26. The van der Waals surface area contributed by atoms with Gasteiger partial charge < -0.3 is 9.47 Å². The molecule has 2 aromatic rings. The summed E-state index contributed by atoms with van der Waals surface area (Å²) in [6, 6.07) is 2.11. The number of amides is 1. The van der Waals surface area contributed by atoms with Crippen molar-refractivity contribution < 1.29 is 31.5 Å². The number of ether oxygens (including phenoxy) is 2. The Balaban J connectivity index is 1.50. The highest BCUT2D eigenvalue weighted by atomic mass is 32.2. The van der Waals surface area contributed by atoms with Crippen LogP contribution in [-0.4, -0.2) is 60.8 Å². The number of nitrogens with zero attached hydrogens (tertiary/aromatic N) is 4. The van der Waals surface area contributed by atoms with Gasteiger partial charge in [0, 0.05) is 12.7 Å². The van der Waals surface area contributed by atoms with E-state index in [-0.39, 0.29) is 42.3 Å². The minimum Gasteiger partial charge on any atom is -0.442 e. The summed E-state index contributed by atoms with van der Waals surface area (Å²) in [5.74, 6) is -2.14. The van der Waals surface area contributed by atoms with Crippen molar-refractivity contribution in [2.75, 3.05) is 30.1 Å². The van der Waals surface area contributed by atoms with Gasteiger partial charge in [0.05, 0.1) is 43.1 Å². The van der Waals surface area contributed by atoms with Crippen LogP contribution in [0.3, 0.4) is 0 Å². The van der Waals surface area contributed by atoms with Crippen LogP contribution >= 0.6 is 0 Å². The second kappa shape index (κ2) is 8.35. The summed E-state index contributed by atoms with van der Waals surface area (Å²) in [6.07, 6.45) is 1.72. The van der Waals surface area contributed by atoms with Crippen molar-refractivity contribution in [2.24, 2.45) is 0 Å². The molecular weight excluding hydrogens is 434 g/mol. The summed E-state index contributed by atoms with van der Waals surface area (Å²) in [5.41, 5.74) is 0.675. The number of hydrogen-bond acceptors (Lipinski definition) is 7. The van der Waals surface area contributed by atoms with Gasteiger partial charge in [-0.15, -0.1) is 5.10 Å². The number of aromatic nitrogens is 3. The molecule has 1 aromatic heterocycles. The van der Waals surface area contributed by atoms with E-state index in [9.17, 15) is 22.0 Å². The van der Waals surface area contributed by atoms with Gasteiger partial charge in [0.2, 0.25) is 0 Å². The van der Waals surface area contributed by atoms with E-state index in [0.717, 1.165) is 17.0 Å². The Morgan fingerprint density at radius 3 is 2.68 bits per heavy atom. The van der Waals surface area contributed by atoms with Crippen molar-refractivity contribution in [3.8, 4) is 0 Å². The van der Waals surface area contributed by atoms with Crippen molar-refractivity contribution in [1.82, 2.24) is 15.0 Å². The van der Waals surface area contributed by atoms with Crippen LogP contribution in [0.1, 0.15) is 17.7 Å². The number of benzene rings is 1. The van der Waals surface area contributed by atoms with Crippen LogP contribution in [0.4, 0.5) is 19.3 Å². The van der Waals surface area contributed by atoms with E-state index in [0.29, 0.717) is 17.9 Å². The lowest BCUT2D eigenvalue weighted by Gasteiger charge is -2.18. The lowest BCUT2D eigenvalue weighted by molar-refractivity contribution is 0.129. The Morgan fingerprint density at radius 1 is 1.29 bits per heavy atom. The molecule has 1 atom stereocenters. The number of halogens is 2. The van der Waals surface area contributed by atoms with Gasteiger partial charge in [-0.1, -0.05) is 11.3 Å². The van der Waals surface area contributed by atoms with Gasteiger partial charge in [0.1, 0.15) is 23.4 Å². The molecule has 12 heteroatoms. The molecule has 166 valence electrons. The first kappa shape index (κ1) is 21.4. The molecule has 1 saturated heterocycles. The Hall–Kier alpha value is -2.86. The summed E-state index contributed by atoms with van der Waals surface area (Å²) in [4.78, 5) is 13.4. The second-order valence-electron chi connectivity index (χ2n) is 7.36. The summed E-state index contributed by atoms with van der Waals surface area (Å²) in [7, 11) is -1.69. The van der Waals surface area contributed by atoms with Crippen molar-refractivity contribution in [3.63, 3.8) is 0 Å². The van der Waals surface area contributed by atoms with E-state index in [1.54, 1.807) is 6.20 Å². The number of carbonyl (C=O) groups is 1. The molecule has 0 N–H and O–H groups in total. The summed E-state index contributed by atoms with van der Waals surface area (Å²) in [5, 5.41) is 7.85. The third-order valence-electron chi connectivity index (χ3n) is 5.07. The van der Waals surface area contributed by atoms with Crippen molar-refractivity contribution >= 4 is 27.2 Å². The lowest BCUT2D eigenvalue weighted by atomic mass is 10.0. The van der Waals surface area contributed by atoms with Gasteiger partial charge in [0.25, 0.3) is 0 Å². The molecular formula is C19H20F2N4O5S. The van der Waals surface area contributed by atoms with Crippen molar-refractivity contribution in [2.45, 2.75) is 25.7 Å². The van der Waals surface area contributed by atoms with E-state index in [4.69, 9.17) is 9.47 Å². The predicted molar refractivity (Wildman–Crippen MR) is 106 cm³/mol. The number of cyclic esters (lactones) is 1. The molecule has 1 aromatic carbocycles. The zero-order valence-electron chi connectivity index (χ0n) is 16.6. The normalized spacial score (nSPS) is 20.6. The summed E-state index contributed by atoms with van der Waals surface area (Å²) in [6.45, 7) is 0.602. The van der Waals surface area contributed by atoms with Gasteiger partial charge in [-0.2, -0.15) is 0 Å². The average molecular weight is 454 g/mol. The Morgan fingerprint density at radius 2 is 2.03 bits per heavy atom. The van der Waals surface area contributed by atoms with Crippen LogP contribution in [0.15, 0.2) is 24.4 Å². The van der Waals surface area contributed by atoms with Crippen molar-refractivity contribution in [3.05, 3.63) is 47.3 Å². The Kier molecular flexibility index (Phi) is 5.75. The molecule has 1 fully saturated rings. The Labute approximate surface area is 177 Å². The zero-order chi connectivity index (χ0) is 22.2. The van der Waals surface area contributed by atoms with E-state index in [1.807, 2.05) is 0 Å². The van der Waals surface area contributed by atoms with Crippen LogP contribution in [0, 0.1) is 11.6 Å². The van der Waals surface area contributed by atoms with Crippen LogP contribution in [0.25, 0.3) is 5.57 Å². The van der Waals surface area contributed by atoms with E-state index in [2.05, 4.69) is 10.3 Å². The standard InChI is InChI=1S/C19H20F2N4O5S/c1-29-11-13-8-24(23-22-13)9-15-10-25(19(26)30-15)14-6-16(20)18(17(21)7-14)12-2-4-31(27,28)5-3-12/h2,6-8,15H,3-5,9-11H2,1H3. The highest BCUT2D eigenvalue weighted by Gasteiger charge is 2.34. The van der Waals surface area contributed by atoms with Gasteiger partial charge in [-0.25, -0.2) is 26.7 Å². The number of rotatable bonds is 6. The first-order valence-electron chi connectivity index (χ1n) is 9.50. The van der Waals surface area contributed by atoms with E-state index in [1.165, 1.54) is 17.9 Å². The van der Waals surface area contributed by atoms with Gasteiger partial charge in [-0.05, 0) is 24.1 Å². The maximum atomic E-state index is 14.7. The minimum absolute atomic E-state index is 0.0222. The zero-order valence-corrected chi connectivity index (χ0v) is 17.4. The third-order valence-corrected chi connectivity index (χ3v) is 6.57. The van der Waals surface area contributed by atoms with E-state index < -0.39 is 33.7 Å². The average Bonchev–Trinajstić information content (AvgIpc) is 3.29. The number of methoxy groups -OCH3 is 1. The second-order valence-corrected chi connectivity index (χ2v) is 9.59. The molecule has 9 nitrogen and oxygen atoms in total. The topological polar surface area (TPSA) is 104 Å². The minimum atomic E-state index is -3.22. The van der Waals surface area contributed by atoms with E-state index >= 15 is 0 Å². The molecule has 2 aliphatic rings. The van der Waals surface area contributed by atoms with Crippen molar-refractivity contribution in [1.29, 1.82) is 0 Å². The Bertz CT molecular complexity index is 1120. The van der Waals surface area contributed by atoms with Crippen LogP contribution < -0.4 is 4.90 Å². The molecule has 0 saturated carbocycles. The maximum absolute atomic E-state index is 14.7. The third kappa shape index (κ3) is 4.59. The quantitative estimate of drug-likeness (QED) is 0.657. The molecule has 31 heavy (non-hydrogen) atoms. The molecule has 0 radical (unpaired) electrons. The van der Waals surface area contributed by atoms with Crippen LogP contribution in [0.5, 0.6) is 0 Å². The largest absolute Gasteiger partial charge is 0.442 e. The molecule has 1 unspecified atom stereocenters. The SMILES string of the molecule is COCc1cn(CC2CN(c3cc(F)c(C4=CCS(=O)(=O)CC4)c(F)c3)C(=O)O2)nn1. The fourth-order valence-electron chi connectivity index (χ4n) is 3.61. The molecule has 2 aliphatic heterocycles. The van der Waals surface area contributed by atoms with Gasteiger partial charge in [0.15, 0.2) is 9.84 Å². The van der Waals surface area contributed by atoms with Crippen LogP contribution in [-0.2, 0) is 32.5 Å². The molecule has 0 bridgehead atoms. The summed E-state index contributed by atoms with van der Waals surface area (Å²) >= 11 is 0. The number of sulfone groups is 1. The fraction of sp³-hybridized carbons (Fsp3) is 0.421. The molecule has 0 spiro atoms. The predicted octanol–water partition coefficient (Wildman–Crippen LogP) is 1.93. The maximum Gasteiger partial charge on any atom is 0.414 e. The molecule has 0 aliphatic carbocycles. The smallest absolute Gasteiger partial charge is 0.414 e. The fourth-order valence-corrected chi connectivity index (χ4v) is 4.76. The van der Waals surface area contributed by atoms with Gasteiger partial charge >= 0.3 is 6.09 Å². The van der Waals surface area contributed by atoms with Crippen LogP contribution in [0.2, 0.25) is 0 Å². The molecule has 3 heterocycles. The monoisotopic (exact) mass is 454 g/mol. The number of anilines is 1. The number of carbonyl (C=O) groups excluding carboxylic acids is 1. The molecule has 4 rings (SSSR count). The highest BCUT2D eigenvalue weighted by molar-refractivity contribution is 7.91. The molecule has 1 amide bonds. The first-order chi connectivity index (χ1) is 14.8. The first-order valence-corrected chi connectivity index (χ1v) is 11.3.